The molecule has 1 aliphatic rings. The highest BCUT2D eigenvalue weighted by Gasteiger charge is 2.28. The highest BCUT2D eigenvalue weighted by Crippen LogP contribution is 2.37. The van der Waals surface area contributed by atoms with Gasteiger partial charge in [0.15, 0.2) is 0 Å². The van der Waals surface area contributed by atoms with E-state index in [-0.39, 0.29) is 5.54 Å². The lowest BCUT2D eigenvalue weighted by Crippen LogP contribution is -2.42. The Balaban J connectivity index is 1.87. The van der Waals surface area contributed by atoms with Crippen molar-refractivity contribution in [3.05, 3.63) is 65.2 Å². The number of rotatable bonds is 3. The van der Waals surface area contributed by atoms with E-state index in [9.17, 15) is 0 Å². The van der Waals surface area contributed by atoms with Crippen molar-refractivity contribution in [2.75, 3.05) is 11.9 Å². The van der Waals surface area contributed by atoms with Crippen LogP contribution in [0, 0.1) is 0 Å². The second kappa shape index (κ2) is 6.51. The SMILES string of the molecule is CC1=CC(C)(C)N(C)c2ccc(C=Nc3ccc(C(C)C)cc3)cc21. The molecule has 130 valence electrons. The third kappa shape index (κ3) is 3.53. The fourth-order valence-corrected chi connectivity index (χ4v) is 3.35. The molecular weight excluding hydrogens is 304 g/mol. The van der Waals surface area contributed by atoms with Crippen LogP contribution in [-0.2, 0) is 0 Å². The number of hydrogen-bond acceptors (Lipinski definition) is 2. The van der Waals surface area contributed by atoms with Gasteiger partial charge in [0.25, 0.3) is 0 Å². The Morgan fingerprint density at radius 3 is 2.36 bits per heavy atom. The van der Waals surface area contributed by atoms with Gasteiger partial charge in [0.2, 0.25) is 0 Å². The van der Waals surface area contributed by atoms with E-state index in [1.54, 1.807) is 0 Å². The normalized spacial score (nSPS) is 16.3. The van der Waals surface area contributed by atoms with E-state index in [1.807, 2.05) is 6.21 Å². The van der Waals surface area contributed by atoms with Gasteiger partial charge in [-0.05, 0) is 67.7 Å². The first kappa shape index (κ1) is 17.5. The summed E-state index contributed by atoms with van der Waals surface area (Å²) in [5.74, 6) is 0.551. The molecule has 0 aromatic heterocycles. The van der Waals surface area contributed by atoms with E-state index < -0.39 is 0 Å². The Bertz CT molecular complexity index is 824. The third-order valence-corrected chi connectivity index (χ3v) is 5.16. The number of anilines is 1. The maximum Gasteiger partial charge on any atom is 0.0630 e. The number of hydrogen-bond donors (Lipinski definition) is 0. The van der Waals surface area contributed by atoms with E-state index in [1.165, 1.54) is 22.4 Å². The lowest BCUT2D eigenvalue weighted by molar-refractivity contribution is 0.598. The van der Waals surface area contributed by atoms with Crippen molar-refractivity contribution >= 4 is 23.2 Å². The van der Waals surface area contributed by atoms with Crippen molar-refractivity contribution in [1.82, 2.24) is 0 Å². The summed E-state index contributed by atoms with van der Waals surface area (Å²) in [6.45, 7) is 11.1. The van der Waals surface area contributed by atoms with Crippen LogP contribution in [0.15, 0.2) is 53.5 Å². The van der Waals surface area contributed by atoms with Crippen molar-refractivity contribution in [3.63, 3.8) is 0 Å². The van der Waals surface area contributed by atoms with Crippen LogP contribution in [0.2, 0.25) is 0 Å². The van der Waals surface area contributed by atoms with Gasteiger partial charge in [-0.3, -0.25) is 4.99 Å². The summed E-state index contributed by atoms with van der Waals surface area (Å²) in [5, 5.41) is 0. The van der Waals surface area contributed by atoms with Crippen LogP contribution >= 0.6 is 0 Å². The summed E-state index contributed by atoms with van der Waals surface area (Å²) >= 11 is 0. The van der Waals surface area contributed by atoms with Gasteiger partial charge in [-0.15, -0.1) is 0 Å². The van der Waals surface area contributed by atoms with Gasteiger partial charge < -0.3 is 4.90 Å². The van der Waals surface area contributed by atoms with Gasteiger partial charge in [-0.25, -0.2) is 0 Å². The largest absolute Gasteiger partial charge is 0.366 e. The lowest BCUT2D eigenvalue weighted by atomic mass is 9.89. The number of aliphatic imine (C=N–C) groups is 1. The van der Waals surface area contributed by atoms with E-state index >= 15 is 0 Å². The minimum absolute atomic E-state index is 0.0465. The highest BCUT2D eigenvalue weighted by atomic mass is 15.2. The molecule has 1 aliphatic heterocycles. The van der Waals surface area contributed by atoms with Gasteiger partial charge in [0, 0.05) is 24.5 Å². The molecule has 1 heterocycles. The molecule has 2 aromatic carbocycles. The van der Waals surface area contributed by atoms with Crippen LogP contribution in [0.25, 0.3) is 5.57 Å². The molecule has 0 saturated carbocycles. The molecule has 0 fully saturated rings. The van der Waals surface area contributed by atoms with Crippen molar-refractivity contribution in [3.8, 4) is 0 Å². The predicted molar refractivity (Wildman–Crippen MR) is 110 cm³/mol. The maximum absolute atomic E-state index is 4.64. The predicted octanol–water partition coefficient (Wildman–Crippen LogP) is 6.19. The number of likely N-dealkylation sites (N-methyl/N-ethyl adjacent to an activating group) is 1. The number of benzene rings is 2. The average Bonchev–Trinajstić information content (AvgIpc) is 2.58. The molecule has 25 heavy (non-hydrogen) atoms. The molecular formula is C23H28N2. The number of allylic oxidation sites excluding steroid dienone is 1. The molecule has 0 N–H and O–H groups in total. The Labute approximate surface area is 151 Å². The highest BCUT2D eigenvalue weighted by molar-refractivity contribution is 5.88. The van der Waals surface area contributed by atoms with Crippen molar-refractivity contribution in [1.29, 1.82) is 0 Å². The second-order valence-corrected chi connectivity index (χ2v) is 7.82. The molecule has 0 unspecified atom stereocenters. The topological polar surface area (TPSA) is 15.6 Å². The molecule has 0 saturated heterocycles. The molecule has 2 nitrogen and oxygen atoms in total. The molecule has 3 rings (SSSR count). The Morgan fingerprint density at radius 2 is 1.72 bits per heavy atom. The van der Waals surface area contributed by atoms with Crippen LogP contribution in [0.5, 0.6) is 0 Å². The Morgan fingerprint density at radius 1 is 1.04 bits per heavy atom. The van der Waals surface area contributed by atoms with Gasteiger partial charge in [-0.1, -0.05) is 38.1 Å². The Kier molecular flexibility index (Phi) is 4.55. The van der Waals surface area contributed by atoms with Gasteiger partial charge in [0.05, 0.1) is 11.2 Å². The van der Waals surface area contributed by atoms with Crippen molar-refractivity contribution in [2.45, 2.75) is 46.1 Å². The second-order valence-electron chi connectivity index (χ2n) is 7.82. The van der Waals surface area contributed by atoms with Crippen LogP contribution in [0.3, 0.4) is 0 Å². The Hall–Kier alpha value is -2.35. The fraction of sp³-hybridized carbons (Fsp3) is 0.348. The van der Waals surface area contributed by atoms with Crippen molar-refractivity contribution < 1.29 is 0 Å². The van der Waals surface area contributed by atoms with E-state index in [0.717, 1.165) is 11.3 Å². The maximum atomic E-state index is 4.64. The molecule has 0 spiro atoms. The average molecular weight is 332 g/mol. The number of fused-ring (bicyclic) bond motifs is 1. The zero-order valence-electron chi connectivity index (χ0n) is 16.2. The first-order valence-electron chi connectivity index (χ1n) is 9.00. The molecule has 0 radical (unpaired) electrons. The van der Waals surface area contributed by atoms with Crippen LogP contribution in [0.1, 0.15) is 57.2 Å². The molecule has 2 aromatic rings. The minimum atomic E-state index is 0.0465. The zero-order chi connectivity index (χ0) is 18.2. The monoisotopic (exact) mass is 332 g/mol. The van der Waals surface area contributed by atoms with Gasteiger partial charge in [-0.2, -0.15) is 0 Å². The summed E-state index contributed by atoms with van der Waals surface area (Å²) in [7, 11) is 2.16. The molecule has 0 bridgehead atoms. The molecule has 0 atom stereocenters. The van der Waals surface area contributed by atoms with Crippen LogP contribution in [0.4, 0.5) is 11.4 Å². The first-order valence-corrected chi connectivity index (χ1v) is 9.00. The summed E-state index contributed by atoms with van der Waals surface area (Å²) in [6.07, 6.45) is 4.29. The van der Waals surface area contributed by atoms with E-state index in [2.05, 4.69) is 100 Å². The smallest absolute Gasteiger partial charge is 0.0630 e. The quantitative estimate of drug-likeness (QED) is 0.612. The molecule has 2 heteroatoms. The number of nitrogens with zero attached hydrogens (tertiary/aromatic N) is 2. The van der Waals surface area contributed by atoms with Crippen molar-refractivity contribution in [2.24, 2.45) is 4.99 Å². The van der Waals surface area contributed by atoms with E-state index in [4.69, 9.17) is 0 Å². The minimum Gasteiger partial charge on any atom is -0.366 e. The standard InChI is InChI=1S/C23H28N2/c1-16(2)19-8-10-20(11-9-19)24-15-18-7-12-22-21(13-18)17(3)14-23(4,5)25(22)6/h7-16H,1-6H3. The van der Waals surface area contributed by atoms with E-state index in [0.29, 0.717) is 5.92 Å². The first-order chi connectivity index (χ1) is 11.8. The summed E-state index contributed by atoms with van der Waals surface area (Å²) in [4.78, 5) is 6.97. The fourth-order valence-electron chi connectivity index (χ4n) is 3.35. The van der Waals surface area contributed by atoms with Crippen LogP contribution < -0.4 is 4.90 Å². The van der Waals surface area contributed by atoms with Gasteiger partial charge >= 0.3 is 0 Å². The summed E-state index contributed by atoms with van der Waals surface area (Å²) < 4.78 is 0. The molecule has 0 aliphatic carbocycles. The summed E-state index contributed by atoms with van der Waals surface area (Å²) in [5.41, 5.74) is 7.42. The van der Waals surface area contributed by atoms with Crippen LogP contribution in [-0.4, -0.2) is 18.8 Å². The molecule has 0 amide bonds. The lowest BCUT2D eigenvalue weighted by Gasteiger charge is -2.40. The van der Waals surface area contributed by atoms with Gasteiger partial charge in [0.1, 0.15) is 0 Å². The summed E-state index contributed by atoms with van der Waals surface area (Å²) in [6, 6.07) is 15.1. The zero-order valence-corrected chi connectivity index (χ0v) is 16.2. The third-order valence-electron chi connectivity index (χ3n) is 5.16.